The van der Waals surface area contributed by atoms with Crippen LogP contribution >= 0.6 is 0 Å². The van der Waals surface area contributed by atoms with E-state index in [4.69, 9.17) is 0 Å². The normalized spacial score (nSPS) is 14.1. The maximum atomic E-state index is 12.2. The van der Waals surface area contributed by atoms with Gasteiger partial charge in [-0.3, -0.25) is 14.9 Å². The summed E-state index contributed by atoms with van der Waals surface area (Å²) in [5.74, 6) is -0.486. The van der Waals surface area contributed by atoms with Crippen molar-refractivity contribution in [1.29, 1.82) is 0 Å². The Bertz CT molecular complexity index is 921. The Labute approximate surface area is 144 Å². The number of amides is 1. The van der Waals surface area contributed by atoms with Gasteiger partial charge in [0.1, 0.15) is 0 Å². The smallest absolute Gasteiger partial charge is 0.269 e. The molecule has 2 aromatic carbocycles. The third-order valence-corrected chi connectivity index (χ3v) is 5.16. The summed E-state index contributed by atoms with van der Waals surface area (Å²) < 4.78 is 27.0. The first-order valence-electron chi connectivity index (χ1n) is 7.53. The number of anilines is 1. The molecule has 0 heterocycles. The van der Waals surface area contributed by atoms with E-state index in [0.29, 0.717) is 5.69 Å². The molecule has 25 heavy (non-hydrogen) atoms. The third-order valence-electron chi connectivity index (χ3n) is 3.64. The van der Waals surface area contributed by atoms with Crippen molar-refractivity contribution in [2.45, 2.75) is 23.8 Å². The summed E-state index contributed by atoms with van der Waals surface area (Å²) >= 11 is 0. The number of benzene rings is 2. The van der Waals surface area contributed by atoms with Gasteiger partial charge < -0.3 is 5.32 Å². The van der Waals surface area contributed by atoms with Crippen LogP contribution in [0.4, 0.5) is 11.4 Å². The van der Waals surface area contributed by atoms with Crippen molar-refractivity contribution >= 4 is 27.3 Å². The van der Waals surface area contributed by atoms with Crippen LogP contribution in [-0.2, 0) is 10.0 Å². The lowest BCUT2D eigenvalue weighted by molar-refractivity contribution is -0.384. The van der Waals surface area contributed by atoms with Crippen LogP contribution in [0, 0.1) is 10.1 Å². The first-order valence-corrected chi connectivity index (χ1v) is 9.02. The third kappa shape index (κ3) is 4.20. The summed E-state index contributed by atoms with van der Waals surface area (Å²) in [5, 5.41) is 13.2. The van der Waals surface area contributed by atoms with Gasteiger partial charge in [0.05, 0.1) is 9.82 Å². The van der Waals surface area contributed by atoms with Crippen LogP contribution in [0.1, 0.15) is 23.2 Å². The number of rotatable bonds is 6. The highest BCUT2D eigenvalue weighted by atomic mass is 32.2. The molecule has 1 aliphatic carbocycles. The molecule has 2 N–H and O–H groups in total. The number of non-ortho nitro benzene ring substituents is 1. The van der Waals surface area contributed by atoms with Gasteiger partial charge in [-0.25, -0.2) is 13.1 Å². The summed E-state index contributed by atoms with van der Waals surface area (Å²) in [6.45, 7) is 0. The van der Waals surface area contributed by atoms with E-state index in [-0.39, 0.29) is 22.2 Å². The van der Waals surface area contributed by atoms with Crippen molar-refractivity contribution in [3.05, 3.63) is 64.2 Å². The largest absolute Gasteiger partial charge is 0.322 e. The summed E-state index contributed by atoms with van der Waals surface area (Å²) in [6.07, 6.45) is 1.66. The first-order chi connectivity index (χ1) is 11.8. The van der Waals surface area contributed by atoms with Gasteiger partial charge in [-0.15, -0.1) is 0 Å². The SMILES string of the molecule is O=C(Nc1cccc(S(=O)(=O)NC2CC2)c1)c1ccc([N+](=O)[O-])cc1. The lowest BCUT2D eigenvalue weighted by atomic mass is 10.2. The fourth-order valence-corrected chi connectivity index (χ4v) is 3.52. The lowest BCUT2D eigenvalue weighted by Crippen LogP contribution is -2.25. The van der Waals surface area contributed by atoms with E-state index in [1.807, 2.05) is 0 Å². The Morgan fingerprint density at radius 1 is 1.12 bits per heavy atom. The fraction of sp³-hybridized carbons (Fsp3) is 0.188. The minimum absolute atomic E-state index is 0.0108. The molecule has 1 aliphatic rings. The standard InChI is InChI=1S/C16H15N3O5S/c20-16(11-4-8-14(9-5-11)19(21)22)17-13-2-1-3-15(10-13)25(23,24)18-12-6-7-12/h1-5,8-10,12,18H,6-7H2,(H,17,20). The van der Waals surface area contributed by atoms with E-state index < -0.39 is 20.9 Å². The van der Waals surface area contributed by atoms with Gasteiger partial charge in [0, 0.05) is 29.4 Å². The number of carbonyl (C=O) groups is 1. The van der Waals surface area contributed by atoms with E-state index in [9.17, 15) is 23.3 Å². The minimum Gasteiger partial charge on any atom is -0.322 e. The van der Waals surface area contributed by atoms with Gasteiger partial charge in [0.15, 0.2) is 0 Å². The molecular weight excluding hydrogens is 346 g/mol. The van der Waals surface area contributed by atoms with Crippen molar-refractivity contribution in [3.8, 4) is 0 Å². The quantitative estimate of drug-likeness (QED) is 0.604. The van der Waals surface area contributed by atoms with Gasteiger partial charge in [0.2, 0.25) is 10.0 Å². The monoisotopic (exact) mass is 361 g/mol. The molecule has 0 aromatic heterocycles. The van der Waals surface area contributed by atoms with Gasteiger partial charge in [-0.05, 0) is 43.2 Å². The summed E-state index contributed by atoms with van der Waals surface area (Å²) in [4.78, 5) is 22.3. The Morgan fingerprint density at radius 3 is 2.40 bits per heavy atom. The molecular formula is C16H15N3O5S. The van der Waals surface area contributed by atoms with E-state index in [0.717, 1.165) is 12.8 Å². The van der Waals surface area contributed by atoms with Crippen molar-refractivity contribution < 1.29 is 18.1 Å². The summed E-state index contributed by atoms with van der Waals surface area (Å²) in [5.41, 5.74) is 0.438. The molecule has 0 saturated heterocycles. The maximum absolute atomic E-state index is 12.2. The Balaban J connectivity index is 1.75. The number of sulfonamides is 1. The molecule has 0 radical (unpaired) electrons. The molecule has 1 saturated carbocycles. The fourth-order valence-electron chi connectivity index (χ4n) is 2.17. The van der Waals surface area contributed by atoms with E-state index >= 15 is 0 Å². The second kappa shape index (κ2) is 6.61. The highest BCUT2D eigenvalue weighted by Gasteiger charge is 2.28. The van der Waals surface area contributed by atoms with Gasteiger partial charge in [-0.2, -0.15) is 0 Å². The predicted molar refractivity (Wildman–Crippen MR) is 90.8 cm³/mol. The Kier molecular flexibility index (Phi) is 4.51. The molecule has 130 valence electrons. The second-order valence-corrected chi connectivity index (χ2v) is 7.40. The Hall–Kier alpha value is -2.78. The zero-order valence-corrected chi connectivity index (χ0v) is 13.8. The number of hydrogen-bond acceptors (Lipinski definition) is 5. The lowest BCUT2D eigenvalue weighted by Gasteiger charge is -2.09. The highest BCUT2D eigenvalue weighted by molar-refractivity contribution is 7.89. The molecule has 0 bridgehead atoms. The Morgan fingerprint density at radius 2 is 1.80 bits per heavy atom. The van der Waals surface area contributed by atoms with E-state index in [1.54, 1.807) is 6.07 Å². The number of carbonyl (C=O) groups excluding carboxylic acids is 1. The van der Waals surface area contributed by atoms with Crippen molar-refractivity contribution in [3.63, 3.8) is 0 Å². The molecule has 0 aliphatic heterocycles. The molecule has 9 heteroatoms. The maximum Gasteiger partial charge on any atom is 0.269 e. The highest BCUT2D eigenvalue weighted by Crippen LogP contribution is 2.23. The predicted octanol–water partition coefficient (Wildman–Crippen LogP) is 2.29. The van der Waals surface area contributed by atoms with Crippen LogP contribution in [0.2, 0.25) is 0 Å². The number of nitro benzene ring substituents is 1. The first kappa shape index (κ1) is 17.1. The van der Waals surface area contributed by atoms with Crippen molar-refractivity contribution in [2.24, 2.45) is 0 Å². The number of nitrogens with zero attached hydrogens (tertiary/aromatic N) is 1. The molecule has 8 nitrogen and oxygen atoms in total. The van der Waals surface area contributed by atoms with Crippen LogP contribution in [0.5, 0.6) is 0 Å². The molecule has 0 unspecified atom stereocenters. The van der Waals surface area contributed by atoms with Crippen molar-refractivity contribution in [1.82, 2.24) is 4.72 Å². The zero-order chi connectivity index (χ0) is 18.0. The topological polar surface area (TPSA) is 118 Å². The number of nitrogens with one attached hydrogen (secondary N) is 2. The van der Waals surface area contributed by atoms with Crippen LogP contribution in [0.3, 0.4) is 0 Å². The van der Waals surface area contributed by atoms with E-state index in [1.165, 1.54) is 42.5 Å². The van der Waals surface area contributed by atoms with Crippen LogP contribution in [0.15, 0.2) is 53.4 Å². The second-order valence-electron chi connectivity index (χ2n) is 5.68. The number of nitro groups is 1. The van der Waals surface area contributed by atoms with Crippen LogP contribution in [-0.4, -0.2) is 25.3 Å². The molecule has 0 spiro atoms. The molecule has 0 atom stereocenters. The average molecular weight is 361 g/mol. The van der Waals surface area contributed by atoms with Crippen LogP contribution in [0.25, 0.3) is 0 Å². The molecule has 3 rings (SSSR count). The molecule has 2 aromatic rings. The van der Waals surface area contributed by atoms with Gasteiger partial charge >= 0.3 is 0 Å². The van der Waals surface area contributed by atoms with Gasteiger partial charge in [-0.1, -0.05) is 6.07 Å². The molecule has 1 fully saturated rings. The zero-order valence-electron chi connectivity index (χ0n) is 13.0. The number of hydrogen-bond donors (Lipinski definition) is 2. The van der Waals surface area contributed by atoms with Crippen molar-refractivity contribution in [2.75, 3.05) is 5.32 Å². The average Bonchev–Trinajstić information content (AvgIpc) is 3.38. The molecule has 1 amide bonds. The van der Waals surface area contributed by atoms with E-state index in [2.05, 4.69) is 10.0 Å². The van der Waals surface area contributed by atoms with Crippen LogP contribution < -0.4 is 10.0 Å². The minimum atomic E-state index is -3.61. The summed E-state index contributed by atoms with van der Waals surface area (Å²) in [7, 11) is -3.61. The summed E-state index contributed by atoms with van der Waals surface area (Å²) in [6, 6.07) is 11.0. The van der Waals surface area contributed by atoms with Gasteiger partial charge in [0.25, 0.3) is 11.6 Å².